The Balaban J connectivity index is 2.39. The van der Waals surface area contributed by atoms with Crippen LogP contribution in [0.3, 0.4) is 0 Å². The molecule has 1 heterocycles. The lowest BCUT2D eigenvalue weighted by Crippen LogP contribution is -2.04. The van der Waals surface area contributed by atoms with Crippen LogP contribution in [-0.2, 0) is 0 Å². The van der Waals surface area contributed by atoms with E-state index in [0.29, 0.717) is 5.69 Å². The number of rotatable bonds is 3. The molecule has 18 heavy (non-hydrogen) atoms. The highest BCUT2D eigenvalue weighted by Gasteiger charge is 2.16. The summed E-state index contributed by atoms with van der Waals surface area (Å²) < 4.78 is 0. The average Bonchev–Trinajstić information content (AvgIpc) is 2.28. The number of hydrogen-bond acceptors (Lipinski definition) is 6. The van der Waals surface area contributed by atoms with Gasteiger partial charge >= 0.3 is 5.69 Å². The van der Waals surface area contributed by atoms with Crippen molar-refractivity contribution in [3.8, 4) is 0 Å². The molecule has 0 atom stereocenters. The maximum Gasteiger partial charge on any atom is 0.329 e. The van der Waals surface area contributed by atoms with Crippen LogP contribution >= 0.6 is 0 Å². The molecule has 0 saturated heterocycles. The summed E-state index contributed by atoms with van der Waals surface area (Å²) in [5.41, 5.74) is 6.95. The standard InChI is InChI=1S/C11H11N5O2/c1-7-3-2-4-8(5-7)14-10-9(16(17)18)6-13-11(12)15-10/h2-6H,1H3,(H3,12,13,14,15). The highest BCUT2D eigenvalue weighted by molar-refractivity contribution is 5.66. The van der Waals surface area contributed by atoms with E-state index in [0.717, 1.165) is 11.8 Å². The molecule has 0 radical (unpaired) electrons. The predicted molar refractivity (Wildman–Crippen MR) is 67.6 cm³/mol. The maximum atomic E-state index is 10.8. The third kappa shape index (κ3) is 2.51. The molecule has 0 unspecified atom stereocenters. The van der Waals surface area contributed by atoms with Gasteiger partial charge in [0.25, 0.3) is 0 Å². The van der Waals surface area contributed by atoms with Gasteiger partial charge in [-0.1, -0.05) is 12.1 Å². The van der Waals surface area contributed by atoms with Crippen LogP contribution in [0, 0.1) is 17.0 Å². The molecule has 3 N–H and O–H groups in total. The van der Waals surface area contributed by atoms with Crippen molar-refractivity contribution in [3.05, 3.63) is 46.1 Å². The lowest BCUT2D eigenvalue weighted by atomic mass is 10.2. The third-order valence-corrected chi connectivity index (χ3v) is 2.27. The number of aryl methyl sites for hydroxylation is 1. The Morgan fingerprint density at radius 2 is 2.22 bits per heavy atom. The summed E-state index contributed by atoms with van der Waals surface area (Å²) in [6, 6.07) is 7.40. The van der Waals surface area contributed by atoms with Crippen LogP contribution in [0.1, 0.15) is 5.56 Å². The minimum Gasteiger partial charge on any atom is -0.368 e. The summed E-state index contributed by atoms with van der Waals surface area (Å²) in [5, 5.41) is 13.7. The van der Waals surface area contributed by atoms with Gasteiger partial charge in [-0.05, 0) is 24.6 Å². The number of hydrogen-bond donors (Lipinski definition) is 2. The summed E-state index contributed by atoms with van der Waals surface area (Å²) in [6.07, 6.45) is 1.08. The zero-order chi connectivity index (χ0) is 13.1. The fourth-order valence-electron chi connectivity index (χ4n) is 1.47. The van der Waals surface area contributed by atoms with Crippen LogP contribution in [0.15, 0.2) is 30.5 Å². The number of nitro groups is 1. The Hall–Kier alpha value is -2.70. The molecular weight excluding hydrogens is 234 g/mol. The average molecular weight is 245 g/mol. The number of nitrogens with zero attached hydrogens (tertiary/aromatic N) is 3. The summed E-state index contributed by atoms with van der Waals surface area (Å²) >= 11 is 0. The Morgan fingerprint density at radius 1 is 1.44 bits per heavy atom. The summed E-state index contributed by atoms with van der Waals surface area (Å²) in [5.74, 6) is 0.0638. The molecule has 0 amide bonds. The van der Waals surface area contributed by atoms with Crippen molar-refractivity contribution < 1.29 is 4.92 Å². The fourth-order valence-corrected chi connectivity index (χ4v) is 1.47. The Morgan fingerprint density at radius 3 is 2.89 bits per heavy atom. The molecule has 0 saturated carbocycles. The van der Waals surface area contributed by atoms with Gasteiger partial charge in [-0.3, -0.25) is 10.1 Å². The summed E-state index contributed by atoms with van der Waals surface area (Å²) in [7, 11) is 0. The van der Waals surface area contributed by atoms with E-state index in [9.17, 15) is 10.1 Å². The zero-order valence-electron chi connectivity index (χ0n) is 9.62. The lowest BCUT2D eigenvalue weighted by Gasteiger charge is -2.06. The summed E-state index contributed by atoms with van der Waals surface area (Å²) in [6.45, 7) is 1.92. The van der Waals surface area contributed by atoms with E-state index in [1.807, 2.05) is 25.1 Å². The Kier molecular flexibility index (Phi) is 3.05. The van der Waals surface area contributed by atoms with E-state index >= 15 is 0 Å². The van der Waals surface area contributed by atoms with Crippen LogP contribution in [0.5, 0.6) is 0 Å². The molecule has 0 bridgehead atoms. The highest BCUT2D eigenvalue weighted by atomic mass is 16.6. The molecule has 2 rings (SSSR count). The monoisotopic (exact) mass is 245 g/mol. The number of anilines is 3. The van der Waals surface area contributed by atoms with Crippen molar-refractivity contribution in [2.45, 2.75) is 6.92 Å². The molecule has 0 spiro atoms. The third-order valence-electron chi connectivity index (χ3n) is 2.27. The van der Waals surface area contributed by atoms with E-state index in [4.69, 9.17) is 5.73 Å². The first kappa shape index (κ1) is 11.8. The second kappa shape index (κ2) is 4.66. The second-order valence-corrected chi connectivity index (χ2v) is 3.71. The lowest BCUT2D eigenvalue weighted by molar-refractivity contribution is -0.384. The van der Waals surface area contributed by atoms with Crippen LogP contribution in [0.2, 0.25) is 0 Å². The van der Waals surface area contributed by atoms with Crippen molar-refractivity contribution >= 4 is 23.1 Å². The van der Waals surface area contributed by atoms with Crippen molar-refractivity contribution in [3.63, 3.8) is 0 Å². The van der Waals surface area contributed by atoms with E-state index in [1.165, 1.54) is 0 Å². The van der Waals surface area contributed by atoms with Gasteiger partial charge < -0.3 is 11.1 Å². The molecule has 1 aromatic heterocycles. The van der Waals surface area contributed by atoms with Crippen molar-refractivity contribution in [2.24, 2.45) is 0 Å². The number of benzene rings is 1. The fraction of sp³-hybridized carbons (Fsp3) is 0.0909. The zero-order valence-corrected chi connectivity index (χ0v) is 9.62. The van der Waals surface area contributed by atoms with Crippen molar-refractivity contribution in [1.29, 1.82) is 0 Å². The quantitative estimate of drug-likeness (QED) is 0.632. The Labute approximate surface area is 103 Å². The number of nitrogen functional groups attached to an aromatic ring is 1. The maximum absolute atomic E-state index is 10.8. The van der Waals surface area contributed by atoms with Gasteiger partial charge in [-0.15, -0.1) is 0 Å². The van der Waals surface area contributed by atoms with Crippen LogP contribution in [-0.4, -0.2) is 14.9 Å². The molecule has 1 aromatic carbocycles. The van der Waals surface area contributed by atoms with Crippen LogP contribution in [0.4, 0.5) is 23.1 Å². The topological polar surface area (TPSA) is 107 Å². The molecule has 92 valence electrons. The molecule has 0 aliphatic heterocycles. The molecule has 7 nitrogen and oxygen atoms in total. The SMILES string of the molecule is Cc1cccc(Nc2nc(N)ncc2[N+](=O)[O-])c1. The van der Waals surface area contributed by atoms with Crippen molar-refractivity contribution in [2.75, 3.05) is 11.1 Å². The van der Waals surface area contributed by atoms with Gasteiger partial charge in [0, 0.05) is 5.69 Å². The second-order valence-electron chi connectivity index (χ2n) is 3.71. The van der Waals surface area contributed by atoms with Crippen molar-refractivity contribution in [1.82, 2.24) is 9.97 Å². The molecule has 0 fully saturated rings. The minimum atomic E-state index is -0.558. The molecule has 0 aliphatic rings. The van der Waals surface area contributed by atoms with E-state index < -0.39 is 4.92 Å². The van der Waals surface area contributed by atoms with Gasteiger partial charge in [-0.25, -0.2) is 4.98 Å². The predicted octanol–water partition coefficient (Wildman–Crippen LogP) is 2.02. The minimum absolute atomic E-state index is 0.0178. The van der Waals surface area contributed by atoms with Gasteiger partial charge in [0.2, 0.25) is 11.8 Å². The first-order chi connectivity index (χ1) is 8.56. The largest absolute Gasteiger partial charge is 0.368 e. The molecule has 7 heteroatoms. The Bertz CT molecular complexity index is 600. The van der Waals surface area contributed by atoms with Gasteiger partial charge in [-0.2, -0.15) is 4.98 Å². The van der Waals surface area contributed by atoms with E-state index in [2.05, 4.69) is 15.3 Å². The van der Waals surface area contributed by atoms with Gasteiger partial charge in [0.15, 0.2) is 0 Å². The number of nitrogens with one attached hydrogen (secondary N) is 1. The van der Waals surface area contributed by atoms with Crippen LogP contribution in [0.25, 0.3) is 0 Å². The first-order valence-corrected chi connectivity index (χ1v) is 5.17. The van der Waals surface area contributed by atoms with E-state index in [1.54, 1.807) is 6.07 Å². The molecule has 0 aliphatic carbocycles. The van der Waals surface area contributed by atoms with Gasteiger partial charge in [0.05, 0.1) is 4.92 Å². The molecular formula is C11H11N5O2. The first-order valence-electron chi connectivity index (χ1n) is 5.17. The van der Waals surface area contributed by atoms with E-state index in [-0.39, 0.29) is 17.5 Å². The normalized spacial score (nSPS) is 10.1. The smallest absolute Gasteiger partial charge is 0.329 e. The number of nitrogens with two attached hydrogens (primary N) is 1. The summed E-state index contributed by atoms with van der Waals surface area (Å²) in [4.78, 5) is 17.7. The number of aromatic nitrogens is 2. The molecule has 2 aromatic rings. The van der Waals surface area contributed by atoms with Crippen LogP contribution < -0.4 is 11.1 Å². The van der Waals surface area contributed by atoms with Gasteiger partial charge in [0.1, 0.15) is 6.20 Å². The highest BCUT2D eigenvalue weighted by Crippen LogP contribution is 2.25.